The molecule has 0 spiro atoms. The van der Waals surface area contributed by atoms with E-state index in [0.29, 0.717) is 5.02 Å². The number of anilines is 1. The zero-order valence-electron chi connectivity index (χ0n) is 18.8. The maximum atomic E-state index is 6.24. The van der Waals surface area contributed by atoms with E-state index in [1.165, 1.54) is 5.56 Å². The molecule has 5 heteroatoms. The predicted molar refractivity (Wildman–Crippen MR) is 141 cm³/mol. The minimum atomic E-state index is 0.0959. The molecule has 0 radical (unpaired) electrons. The smallest absolute Gasteiger partial charge is 0.118 e. The Morgan fingerprint density at radius 1 is 0.882 bits per heavy atom. The van der Waals surface area contributed by atoms with E-state index in [-0.39, 0.29) is 6.04 Å². The molecule has 0 aromatic heterocycles. The summed E-state index contributed by atoms with van der Waals surface area (Å²) in [6.07, 6.45) is 2.61. The molecule has 0 saturated carbocycles. The molecule has 168 valence electrons. The molecule has 0 bridgehead atoms. The van der Waals surface area contributed by atoms with Crippen LogP contribution in [0.2, 0.25) is 5.02 Å². The number of ether oxygens (including phenoxy) is 1. The lowest BCUT2D eigenvalue weighted by atomic mass is 9.98. The Morgan fingerprint density at radius 2 is 1.59 bits per heavy atom. The van der Waals surface area contributed by atoms with E-state index >= 15 is 0 Å². The highest BCUT2D eigenvalue weighted by Crippen LogP contribution is 2.37. The van der Waals surface area contributed by atoms with Gasteiger partial charge in [0.2, 0.25) is 0 Å². The van der Waals surface area contributed by atoms with Crippen molar-refractivity contribution < 1.29 is 4.74 Å². The molecule has 1 aliphatic rings. The first-order valence-corrected chi connectivity index (χ1v) is 11.5. The van der Waals surface area contributed by atoms with E-state index in [0.717, 1.165) is 40.4 Å². The van der Waals surface area contributed by atoms with Crippen molar-refractivity contribution in [3.05, 3.63) is 125 Å². The average molecular weight is 466 g/mol. The summed E-state index contributed by atoms with van der Waals surface area (Å²) in [5.74, 6) is 0.846. The summed E-state index contributed by atoms with van der Waals surface area (Å²) in [6.45, 7) is 0. The fraction of sp³-hybridized carbons (Fsp3) is 0.103. The zero-order valence-corrected chi connectivity index (χ0v) is 19.6. The van der Waals surface area contributed by atoms with E-state index in [1.807, 2.05) is 54.6 Å². The quantitative estimate of drug-likeness (QED) is 0.277. The summed E-state index contributed by atoms with van der Waals surface area (Å²) in [5.41, 5.74) is 6.17. The highest BCUT2D eigenvalue weighted by molar-refractivity contribution is 6.33. The molecule has 34 heavy (non-hydrogen) atoms. The molecule has 4 aromatic carbocycles. The van der Waals surface area contributed by atoms with Crippen molar-refractivity contribution in [2.75, 3.05) is 12.1 Å². The van der Waals surface area contributed by atoms with Gasteiger partial charge in [0.05, 0.1) is 30.2 Å². The van der Waals surface area contributed by atoms with Crippen molar-refractivity contribution in [2.24, 2.45) is 10.1 Å². The fourth-order valence-corrected chi connectivity index (χ4v) is 4.24. The molecule has 0 N–H and O–H groups in total. The molecule has 0 amide bonds. The zero-order chi connectivity index (χ0) is 23.3. The summed E-state index contributed by atoms with van der Waals surface area (Å²) in [4.78, 5) is 4.59. The normalized spacial score (nSPS) is 15.5. The molecule has 0 unspecified atom stereocenters. The van der Waals surface area contributed by atoms with Crippen LogP contribution in [0.1, 0.15) is 29.2 Å². The number of hydrogen-bond donors (Lipinski definition) is 0. The van der Waals surface area contributed by atoms with Crippen LogP contribution < -0.4 is 9.75 Å². The van der Waals surface area contributed by atoms with Crippen LogP contribution in [-0.2, 0) is 0 Å². The van der Waals surface area contributed by atoms with Gasteiger partial charge in [-0.2, -0.15) is 5.10 Å². The highest BCUT2D eigenvalue weighted by atomic mass is 35.5. The Kier molecular flexibility index (Phi) is 6.41. The maximum Gasteiger partial charge on any atom is 0.118 e. The molecule has 0 fully saturated rings. The van der Waals surface area contributed by atoms with Gasteiger partial charge in [-0.3, -0.25) is 10.0 Å². The van der Waals surface area contributed by atoms with E-state index in [1.54, 1.807) is 13.3 Å². The lowest BCUT2D eigenvalue weighted by Gasteiger charge is -2.24. The summed E-state index contributed by atoms with van der Waals surface area (Å²) < 4.78 is 5.35. The molecule has 1 atom stereocenters. The summed E-state index contributed by atoms with van der Waals surface area (Å²) in [6, 6.07) is 34.5. The molecule has 5 rings (SSSR count). The third kappa shape index (κ3) is 4.73. The van der Waals surface area contributed by atoms with Crippen LogP contribution in [0.4, 0.5) is 11.4 Å². The Morgan fingerprint density at radius 3 is 2.29 bits per heavy atom. The van der Waals surface area contributed by atoms with Gasteiger partial charge in [0.15, 0.2) is 0 Å². The van der Waals surface area contributed by atoms with Gasteiger partial charge in [-0.25, -0.2) is 0 Å². The number of nitrogens with zero attached hydrogens (tertiary/aromatic N) is 3. The van der Waals surface area contributed by atoms with Gasteiger partial charge in [-0.1, -0.05) is 72.3 Å². The maximum absolute atomic E-state index is 6.24. The van der Waals surface area contributed by atoms with Gasteiger partial charge in [0, 0.05) is 23.2 Å². The second kappa shape index (κ2) is 9.94. The highest BCUT2D eigenvalue weighted by Gasteiger charge is 2.29. The second-order valence-electron chi connectivity index (χ2n) is 8.05. The molecule has 1 aliphatic heterocycles. The second-order valence-corrected chi connectivity index (χ2v) is 8.45. The van der Waals surface area contributed by atoms with E-state index in [4.69, 9.17) is 21.4 Å². The van der Waals surface area contributed by atoms with Crippen LogP contribution in [-0.4, -0.2) is 19.0 Å². The summed E-state index contributed by atoms with van der Waals surface area (Å²) in [7, 11) is 1.68. The van der Waals surface area contributed by atoms with Crippen molar-refractivity contribution in [1.82, 2.24) is 0 Å². The average Bonchev–Trinajstić information content (AvgIpc) is 3.35. The van der Waals surface area contributed by atoms with Crippen molar-refractivity contribution in [2.45, 2.75) is 12.5 Å². The van der Waals surface area contributed by atoms with Gasteiger partial charge >= 0.3 is 0 Å². The fourth-order valence-electron chi connectivity index (χ4n) is 4.05. The van der Waals surface area contributed by atoms with Crippen molar-refractivity contribution in [3.63, 3.8) is 0 Å². The first-order valence-electron chi connectivity index (χ1n) is 11.2. The van der Waals surface area contributed by atoms with Crippen LogP contribution in [0, 0.1) is 0 Å². The third-order valence-electron chi connectivity index (χ3n) is 5.89. The van der Waals surface area contributed by atoms with E-state index in [2.05, 4.69) is 58.5 Å². The van der Waals surface area contributed by atoms with Crippen molar-refractivity contribution in [1.29, 1.82) is 0 Å². The van der Waals surface area contributed by atoms with Crippen LogP contribution in [0.15, 0.2) is 113 Å². The number of hydrazone groups is 1. The Hall–Kier alpha value is -3.89. The molecule has 4 aromatic rings. The number of rotatable bonds is 6. The molecular weight excluding hydrogens is 442 g/mol. The van der Waals surface area contributed by atoms with Crippen molar-refractivity contribution in [3.8, 4) is 5.75 Å². The van der Waals surface area contributed by atoms with Gasteiger partial charge in [0.25, 0.3) is 0 Å². The number of aliphatic imine (C=N–C) groups is 1. The largest absolute Gasteiger partial charge is 0.497 e. The molecular formula is C29H24ClN3O. The van der Waals surface area contributed by atoms with Crippen molar-refractivity contribution >= 4 is 34.9 Å². The van der Waals surface area contributed by atoms with Gasteiger partial charge in [-0.15, -0.1) is 0 Å². The minimum Gasteiger partial charge on any atom is -0.497 e. The Labute approximate surface area is 204 Å². The molecule has 0 aliphatic carbocycles. The lowest BCUT2D eigenvalue weighted by molar-refractivity contribution is 0.414. The summed E-state index contributed by atoms with van der Waals surface area (Å²) >= 11 is 6.24. The van der Waals surface area contributed by atoms with Crippen LogP contribution in [0.3, 0.4) is 0 Å². The molecule has 1 heterocycles. The standard InChI is InChI=1S/C29H24ClN3O/c1-34-26-17-11-22(12-18-26)29-19-28(21-7-3-2-4-8-21)32-33(29)25-15-13-24(14-16-25)31-20-23-9-5-6-10-27(23)30/h2-18,20,29H,19H2,1H3/t29-/m1/s1. The van der Waals surface area contributed by atoms with Gasteiger partial charge < -0.3 is 4.74 Å². The van der Waals surface area contributed by atoms with Crippen LogP contribution in [0.25, 0.3) is 0 Å². The van der Waals surface area contributed by atoms with Gasteiger partial charge in [-0.05, 0) is 53.6 Å². The summed E-state index contributed by atoms with van der Waals surface area (Å²) in [5, 5.41) is 7.81. The first-order chi connectivity index (χ1) is 16.7. The predicted octanol–water partition coefficient (Wildman–Crippen LogP) is 7.45. The number of hydrogen-bond acceptors (Lipinski definition) is 4. The topological polar surface area (TPSA) is 37.2 Å². The monoisotopic (exact) mass is 465 g/mol. The lowest BCUT2D eigenvalue weighted by Crippen LogP contribution is -2.18. The number of halogens is 1. The molecule has 0 saturated heterocycles. The van der Waals surface area contributed by atoms with E-state index in [9.17, 15) is 0 Å². The number of methoxy groups -OCH3 is 1. The van der Waals surface area contributed by atoms with Gasteiger partial charge in [0.1, 0.15) is 5.75 Å². The van der Waals surface area contributed by atoms with Crippen LogP contribution >= 0.6 is 11.6 Å². The Balaban J connectivity index is 1.44. The SMILES string of the molecule is COc1ccc([C@H]2CC(c3ccccc3)=NN2c2ccc(N=Cc3ccccc3Cl)cc2)cc1. The first kappa shape index (κ1) is 21.9. The molecule has 4 nitrogen and oxygen atoms in total. The third-order valence-corrected chi connectivity index (χ3v) is 6.23. The number of benzene rings is 4. The van der Waals surface area contributed by atoms with Crippen LogP contribution in [0.5, 0.6) is 5.75 Å². The Bertz CT molecular complexity index is 1320. The van der Waals surface area contributed by atoms with E-state index < -0.39 is 0 Å². The minimum absolute atomic E-state index is 0.0959.